The van der Waals surface area contributed by atoms with Crippen LogP contribution in [0.5, 0.6) is 0 Å². The predicted molar refractivity (Wildman–Crippen MR) is 85.3 cm³/mol. The van der Waals surface area contributed by atoms with Crippen molar-refractivity contribution >= 4 is 5.91 Å². The minimum Gasteiger partial charge on any atom is -0.383 e. The quantitative estimate of drug-likeness (QED) is 0.551. The zero-order chi connectivity index (χ0) is 15.3. The molecule has 1 aliphatic heterocycles. The smallest absolute Gasteiger partial charge is 0.234 e. The number of ether oxygens (including phenoxy) is 1. The molecule has 0 saturated carbocycles. The molecule has 21 heavy (non-hydrogen) atoms. The third kappa shape index (κ3) is 9.03. The van der Waals surface area contributed by atoms with Gasteiger partial charge >= 0.3 is 0 Å². The highest BCUT2D eigenvalue weighted by atomic mass is 16.5. The molecular weight excluding hydrogens is 268 g/mol. The molecule has 1 rings (SSSR count). The highest BCUT2D eigenvalue weighted by Gasteiger charge is 2.16. The highest BCUT2D eigenvalue weighted by Crippen LogP contribution is 2.05. The standard InChI is InChI=1S/C15H32N4O2/c1-21-13-7-17-15(20)14-19-10-5-9-18(11-12-19)8-4-2-3-6-16/h2-14,16H2,1H3,(H,17,20). The van der Waals surface area contributed by atoms with Crippen molar-refractivity contribution in [2.24, 2.45) is 5.73 Å². The number of rotatable bonds is 10. The summed E-state index contributed by atoms with van der Waals surface area (Å²) in [6, 6.07) is 0. The van der Waals surface area contributed by atoms with Crippen molar-refractivity contribution in [3.8, 4) is 0 Å². The third-order valence-corrected chi connectivity index (χ3v) is 3.86. The lowest BCUT2D eigenvalue weighted by molar-refractivity contribution is -0.122. The molecule has 0 aliphatic carbocycles. The van der Waals surface area contributed by atoms with Crippen molar-refractivity contribution < 1.29 is 9.53 Å². The van der Waals surface area contributed by atoms with E-state index in [9.17, 15) is 4.79 Å². The number of hydrogen-bond acceptors (Lipinski definition) is 5. The Morgan fingerprint density at radius 2 is 1.90 bits per heavy atom. The lowest BCUT2D eigenvalue weighted by Crippen LogP contribution is -2.40. The van der Waals surface area contributed by atoms with E-state index in [0.717, 1.165) is 52.1 Å². The molecule has 0 unspecified atom stereocenters. The van der Waals surface area contributed by atoms with Crippen molar-refractivity contribution in [1.82, 2.24) is 15.1 Å². The summed E-state index contributed by atoms with van der Waals surface area (Å²) < 4.78 is 4.93. The summed E-state index contributed by atoms with van der Waals surface area (Å²) >= 11 is 0. The second kappa shape index (κ2) is 11.9. The van der Waals surface area contributed by atoms with Gasteiger partial charge in [0.1, 0.15) is 0 Å². The third-order valence-electron chi connectivity index (χ3n) is 3.86. The van der Waals surface area contributed by atoms with Gasteiger partial charge in [0.2, 0.25) is 5.91 Å². The molecule has 1 amide bonds. The summed E-state index contributed by atoms with van der Waals surface area (Å²) in [5.74, 6) is 0.100. The number of amides is 1. The zero-order valence-electron chi connectivity index (χ0n) is 13.5. The predicted octanol–water partition coefficient (Wildman–Crippen LogP) is -0.114. The molecule has 6 heteroatoms. The Hall–Kier alpha value is -0.690. The number of carbonyl (C=O) groups is 1. The highest BCUT2D eigenvalue weighted by molar-refractivity contribution is 5.77. The first-order valence-electron chi connectivity index (χ1n) is 8.16. The normalized spacial score (nSPS) is 17.6. The van der Waals surface area contributed by atoms with E-state index >= 15 is 0 Å². The van der Waals surface area contributed by atoms with Crippen LogP contribution < -0.4 is 11.1 Å². The van der Waals surface area contributed by atoms with E-state index < -0.39 is 0 Å². The summed E-state index contributed by atoms with van der Waals surface area (Å²) in [7, 11) is 1.64. The Kier molecular flexibility index (Phi) is 10.4. The van der Waals surface area contributed by atoms with Crippen molar-refractivity contribution in [3.05, 3.63) is 0 Å². The van der Waals surface area contributed by atoms with Crippen molar-refractivity contribution in [2.75, 3.05) is 66.1 Å². The molecule has 0 spiro atoms. The van der Waals surface area contributed by atoms with Gasteiger partial charge in [-0.15, -0.1) is 0 Å². The second-order valence-corrected chi connectivity index (χ2v) is 5.66. The molecule has 6 nitrogen and oxygen atoms in total. The van der Waals surface area contributed by atoms with Gasteiger partial charge in [0, 0.05) is 26.7 Å². The molecule has 1 saturated heterocycles. The molecule has 124 valence electrons. The van der Waals surface area contributed by atoms with Crippen LogP contribution in [-0.4, -0.2) is 81.8 Å². The Morgan fingerprint density at radius 3 is 2.67 bits per heavy atom. The molecule has 1 fully saturated rings. The Bertz CT molecular complexity index is 276. The van der Waals surface area contributed by atoms with Crippen LogP contribution in [-0.2, 0) is 9.53 Å². The fourth-order valence-electron chi connectivity index (χ4n) is 2.61. The average molecular weight is 300 g/mol. The van der Waals surface area contributed by atoms with E-state index in [2.05, 4.69) is 15.1 Å². The first-order chi connectivity index (χ1) is 10.3. The minimum atomic E-state index is 0.100. The number of nitrogens with zero attached hydrogens (tertiary/aromatic N) is 2. The van der Waals surface area contributed by atoms with Crippen molar-refractivity contribution in [2.45, 2.75) is 25.7 Å². The van der Waals surface area contributed by atoms with Gasteiger partial charge in [0.25, 0.3) is 0 Å². The van der Waals surface area contributed by atoms with Gasteiger partial charge in [-0.2, -0.15) is 0 Å². The van der Waals surface area contributed by atoms with E-state index in [1.807, 2.05) is 0 Å². The van der Waals surface area contributed by atoms with Crippen LogP contribution in [0, 0.1) is 0 Å². The van der Waals surface area contributed by atoms with E-state index in [0.29, 0.717) is 19.7 Å². The topological polar surface area (TPSA) is 70.8 Å². The largest absolute Gasteiger partial charge is 0.383 e. The van der Waals surface area contributed by atoms with Gasteiger partial charge in [-0.3, -0.25) is 9.69 Å². The summed E-state index contributed by atoms with van der Waals surface area (Å²) in [5, 5.41) is 2.88. The number of carbonyl (C=O) groups excluding carboxylic acids is 1. The number of nitrogens with two attached hydrogens (primary N) is 1. The summed E-state index contributed by atoms with van der Waals surface area (Å²) in [6.45, 7) is 7.83. The molecule has 1 aliphatic rings. The fourth-order valence-corrected chi connectivity index (χ4v) is 2.61. The van der Waals surface area contributed by atoms with Gasteiger partial charge in [-0.25, -0.2) is 0 Å². The van der Waals surface area contributed by atoms with Crippen LogP contribution in [0.25, 0.3) is 0 Å². The van der Waals surface area contributed by atoms with E-state index in [1.54, 1.807) is 7.11 Å². The maximum absolute atomic E-state index is 11.8. The van der Waals surface area contributed by atoms with Gasteiger partial charge in [-0.05, 0) is 45.4 Å². The zero-order valence-corrected chi connectivity index (χ0v) is 13.5. The first kappa shape index (κ1) is 18.4. The molecule has 0 bridgehead atoms. The molecule has 0 aromatic rings. The second-order valence-electron chi connectivity index (χ2n) is 5.66. The van der Waals surface area contributed by atoms with Gasteiger partial charge < -0.3 is 20.7 Å². The lowest BCUT2D eigenvalue weighted by atomic mass is 10.2. The van der Waals surface area contributed by atoms with Crippen molar-refractivity contribution in [3.63, 3.8) is 0 Å². The maximum atomic E-state index is 11.8. The molecule has 1 heterocycles. The van der Waals surface area contributed by atoms with Crippen LogP contribution in [0.2, 0.25) is 0 Å². The number of unbranched alkanes of at least 4 members (excludes halogenated alkanes) is 2. The molecule has 0 atom stereocenters. The molecular formula is C15H32N4O2. The summed E-state index contributed by atoms with van der Waals surface area (Å²) in [4.78, 5) is 16.6. The maximum Gasteiger partial charge on any atom is 0.234 e. The van der Waals surface area contributed by atoms with E-state index in [1.165, 1.54) is 12.8 Å². The van der Waals surface area contributed by atoms with Crippen LogP contribution >= 0.6 is 0 Å². The number of nitrogens with one attached hydrogen (secondary N) is 1. The fraction of sp³-hybridized carbons (Fsp3) is 0.933. The lowest BCUT2D eigenvalue weighted by Gasteiger charge is -2.21. The van der Waals surface area contributed by atoms with Crippen molar-refractivity contribution in [1.29, 1.82) is 0 Å². The van der Waals surface area contributed by atoms with E-state index in [4.69, 9.17) is 10.5 Å². The Labute approximate surface area is 129 Å². The molecule has 0 aromatic heterocycles. The van der Waals surface area contributed by atoms with Crippen LogP contribution in [0.1, 0.15) is 25.7 Å². The monoisotopic (exact) mass is 300 g/mol. The van der Waals surface area contributed by atoms with Gasteiger partial charge in [0.05, 0.1) is 13.2 Å². The summed E-state index contributed by atoms with van der Waals surface area (Å²) in [5.41, 5.74) is 5.51. The average Bonchev–Trinajstić information content (AvgIpc) is 2.69. The van der Waals surface area contributed by atoms with Crippen LogP contribution in [0.3, 0.4) is 0 Å². The van der Waals surface area contributed by atoms with Crippen LogP contribution in [0.4, 0.5) is 0 Å². The molecule has 3 N–H and O–H groups in total. The van der Waals surface area contributed by atoms with Gasteiger partial charge in [0.15, 0.2) is 0 Å². The first-order valence-corrected chi connectivity index (χ1v) is 8.16. The summed E-state index contributed by atoms with van der Waals surface area (Å²) in [6.07, 6.45) is 4.72. The van der Waals surface area contributed by atoms with E-state index in [-0.39, 0.29) is 5.91 Å². The Morgan fingerprint density at radius 1 is 1.14 bits per heavy atom. The number of methoxy groups -OCH3 is 1. The minimum absolute atomic E-state index is 0.100. The van der Waals surface area contributed by atoms with Crippen LogP contribution in [0.15, 0.2) is 0 Å². The Balaban J connectivity index is 2.15. The van der Waals surface area contributed by atoms with Gasteiger partial charge in [-0.1, -0.05) is 6.42 Å². The molecule has 0 radical (unpaired) electrons. The SMILES string of the molecule is COCCNC(=O)CN1CCCN(CCCCCN)CC1. The molecule has 0 aromatic carbocycles. The number of hydrogen-bond donors (Lipinski definition) is 2.